The van der Waals surface area contributed by atoms with Gasteiger partial charge in [0, 0.05) is 0 Å². The number of amides is 1. The summed E-state index contributed by atoms with van der Waals surface area (Å²) >= 11 is 1.47. The van der Waals surface area contributed by atoms with Crippen LogP contribution in [-0.4, -0.2) is 27.3 Å². The van der Waals surface area contributed by atoms with Gasteiger partial charge < -0.3 is 0 Å². The Morgan fingerprint density at radius 1 is 1.35 bits per heavy atom. The van der Waals surface area contributed by atoms with Crippen molar-refractivity contribution in [2.45, 2.75) is 6.92 Å². The molecule has 0 saturated heterocycles. The third kappa shape index (κ3) is 3.27. The number of nitrogens with zero attached hydrogens (tertiary/aromatic N) is 3. The topological polar surface area (TPSA) is 69.0 Å². The van der Waals surface area contributed by atoms with Crippen molar-refractivity contribution in [1.29, 1.82) is 0 Å². The Hall–Kier alpha value is -2.58. The van der Waals surface area contributed by atoms with Crippen molar-refractivity contribution in [2.24, 2.45) is 0 Å². The number of carbonyl (C=O) groups excluding carboxylic acids is 1. The van der Waals surface area contributed by atoms with Crippen LogP contribution < -0.4 is 5.48 Å². The Bertz CT molecular complexity index is 800. The molecule has 0 radical (unpaired) electrons. The lowest BCUT2D eigenvalue weighted by Gasteiger charge is -2.04. The molecule has 0 aliphatic heterocycles. The first-order chi connectivity index (χ1) is 11.2. The van der Waals surface area contributed by atoms with Crippen LogP contribution >= 0.6 is 11.3 Å². The smallest absolute Gasteiger partial charge is 0.274 e. The van der Waals surface area contributed by atoms with Gasteiger partial charge in [0.05, 0.1) is 17.2 Å². The summed E-state index contributed by atoms with van der Waals surface area (Å²) in [5.41, 5.74) is 2.87. The Morgan fingerprint density at radius 2 is 2.13 bits per heavy atom. The number of nitrogens with one attached hydrogen (secondary N) is 1. The zero-order valence-corrected chi connectivity index (χ0v) is 13.0. The van der Waals surface area contributed by atoms with E-state index in [-0.39, 0.29) is 11.6 Å². The van der Waals surface area contributed by atoms with Gasteiger partial charge in [-0.05, 0) is 42.6 Å². The summed E-state index contributed by atoms with van der Waals surface area (Å²) in [6, 6.07) is 9.56. The first kappa shape index (κ1) is 15.3. The number of hydroxylamine groups is 1. The van der Waals surface area contributed by atoms with E-state index in [4.69, 9.17) is 4.84 Å². The maximum atomic E-state index is 13.1. The Balaban J connectivity index is 2.04. The van der Waals surface area contributed by atoms with Gasteiger partial charge in [-0.15, -0.1) is 16.4 Å². The number of hydrogen-bond acceptors (Lipinski definition) is 5. The van der Waals surface area contributed by atoms with Crippen molar-refractivity contribution in [3.8, 4) is 16.4 Å². The van der Waals surface area contributed by atoms with Crippen LogP contribution in [0, 0.1) is 5.82 Å². The van der Waals surface area contributed by atoms with E-state index in [2.05, 4.69) is 15.6 Å². The molecule has 0 bridgehead atoms. The SMILES string of the molecule is CCONC(=O)c1nc(-c2cccs2)n(-c2ccc(F)cc2)n1. The lowest BCUT2D eigenvalue weighted by atomic mass is 10.3. The average Bonchev–Trinajstić information content (AvgIpc) is 3.22. The molecule has 6 nitrogen and oxygen atoms in total. The van der Waals surface area contributed by atoms with E-state index in [1.807, 2.05) is 17.5 Å². The first-order valence-corrected chi connectivity index (χ1v) is 7.76. The Kier molecular flexibility index (Phi) is 4.45. The van der Waals surface area contributed by atoms with Crippen LogP contribution in [0.5, 0.6) is 0 Å². The van der Waals surface area contributed by atoms with Crippen LogP contribution in [0.2, 0.25) is 0 Å². The summed E-state index contributed by atoms with van der Waals surface area (Å²) in [5, 5.41) is 6.12. The second kappa shape index (κ2) is 6.67. The van der Waals surface area contributed by atoms with E-state index >= 15 is 0 Å². The summed E-state index contributed by atoms with van der Waals surface area (Å²) in [7, 11) is 0. The van der Waals surface area contributed by atoms with Gasteiger partial charge in [0.15, 0.2) is 5.82 Å². The summed E-state index contributed by atoms with van der Waals surface area (Å²) in [5.74, 6) is -0.397. The molecule has 1 N–H and O–H groups in total. The second-order valence-electron chi connectivity index (χ2n) is 4.49. The molecule has 2 aromatic heterocycles. The molecule has 8 heteroatoms. The molecule has 0 spiro atoms. The van der Waals surface area contributed by atoms with Crippen molar-refractivity contribution in [1.82, 2.24) is 20.2 Å². The quantitative estimate of drug-likeness (QED) is 0.730. The van der Waals surface area contributed by atoms with Crippen molar-refractivity contribution in [3.63, 3.8) is 0 Å². The molecular weight excluding hydrogens is 319 g/mol. The monoisotopic (exact) mass is 332 g/mol. The third-order valence-electron chi connectivity index (χ3n) is 2.93. The molecule has 23 heavy (non-hydrogen) atoms. The van der Waals surface area contributed by atoms with Gasteiger partial charge in [-0.1, -0.05) is 6.07 Å². The standard InChI is InChI=1S/C15H13FN4O2S/c1-2-22-19-15(21)13-17-14(12-4-3-9-23-12)20(18-13)11-7-5-10(16)6-8-11/h3-9H,2H2,1H3,(H,19,21). The second-order valence-corrected chi connectivity index (χ2v) is 5.44. The largest absolute Gasteiger partial charge is 0.314 e. The zero-order valence-electron chi connectivity index (χ0n) is 12.2. The first-order valence-electron chi connectivity index (χ1n) is 6.88. The molecule has 2 heterocycles. The maximum Gasteiger partial charge on any atom is 0.314 e. The van der Waals surface area contributed by atoms with Crippen molar-refractivity contribution >= 4 is 17.2 Å². The predicted molar refractivity (Wildman–Crippen MR) is 83.7 cm³/mol. The third-order valence-corrected chi connectivity index (χ3v) is 3.80. The van der Waals surface area contributed by atoms with Gasteiger partial charge >= 0.3 is 5.91 Å². The van der Waals surface area contributed by atoms with E-state index in [0.717, 1.165) is 4.88 Å². The van der Waals surface area contributed by atoms with Gasteiger partial charge in [-0.2, -0.15) is 0 Å². The van der Waals surface area contributed by atoms with E-state index in [1.54, 1.807) is 19.1 Å². The van der Waals surface area contributed by atoms with Crippen LogP contribution in [0.4, 0.5) is 4.39 Å². The van der Waals surface area contributed by atoms with Crippen molar-refractivity contribution in [2.75, 3.05) is 6.61 Å². The highest BCUT2D eigenvalue weighted by Gasteiger charge is 2.19. The average molecular weight is 332 g/mol. The fourth-order valence-electron chi connectivity index (χ4n) is 1.92. The summed E-state index contributed by atoms with van der Waals surface area (Å²) in [4.78, 5) is 22.0. The molecular formula is C15H13FN4O2S. The highest BCUT2D eigenvalue weighted by Crippen LogP contribution is 2.25. The lowest BCUT2D eigenvalue weighted by molar-refractivity contribution is 0.0355. The van der Waals surface area contributed by atoms with Crippen LogP contribution in [0.3, 0.4) is 0 Å². The predicted octanol–water partition coefficient (Wildman–Crippen LogP) is 2.82. The van der Waals surface area contributed by atoms with E-state index in [1.165, 1.54) is 28.2 Å². The number of thiophene rings is 1. The highest BCUT2D eigenvalue weighted by molar-refractivity contribution is 7.13. The number of rotatable bonds is 5. The molecule has 0 aliphatic rings. The molecule has 0 fully saturated rings. The molecule has 3 aromatic rings. The highest BCUT2D eigenvalue weighted by atomic mass is 32.1. The molecule has 1 aromatic carbocycles. The van der Waals surface area contributed by atoms with E-state index in [9.17, 15) is 9.18 Å². The van der Waals surface area contributed by atoms with E-state index < -0.39 is 5.91 Å². The molecule has 0 aliphatic carbocycles. The summed E-state index contributed by atoms with van der Waals surface area (Å²) in [6.45, 7) is 2.09. The van der Waals surface area contributed by atoms with Crippen LogP contribution in [0.25, 0.3) is 16.4 Å². The maximum absolute atomic E-state index is 13.1. The lowest BCUT2D eigenvalue weighted by Crippen LogP contribution is -2.24. The molecule has 118 valence electrons. The fourth-order valence-corrected chi connectivity index (χ4v) is 2.62. The molecule has 0 unspecified atom stereocenters. The minimum absolute atomic E-state index is 0.0221. The molecule has 1 amide bonds. The normalized spacial score (nSPS) is 10.7. The fraction of sp³-hybridized carbons (Fsp3) is 0.133. The minimum atomic E-state index is -0.537. The van der Waals surface area contributed by atoms with Gasteiger partial charge in [-0.3, -0.25) is 9.63 Å². The summed E-state index contributed by atoms with van der Waals surface area (Å²) in [6.07, 6.45) is 0. The Morgan fingerprint density at radius 3 is 2.78 bits per heavy atom. The zero-order chi connectivity index (χ0) is 16.2. The number of hydrogen-bond donors (Lipinski definition) is 1. The molecule has 0 atom stereocenters. The van der Waals surface area contributed by atoms with Crippen LogP contribution in [-0.2, 0) is 4.84 Å². The van der Waals surface area contributed by atoms with Crippen LogP contribution in [0.1, 0.15) is 17.5 Å². The van der Waals surface area contributed by atoms with Gasteiger partial charge in [0.1, 0.15) is 5.82 Å². The Labute approximate surface area is 135 Å². The number of carbonyl (C=O) groups is 1. The number of halogens is 1. The minimum Gasteiger partial charge on any atom is -0.274 e. The van der Waals surface area contributed by atoms with Gasteiger partial charge in [0.25, 0.3) is 0 Å². The van der Waals surface area contributed by atoms with Gasteiger partial charge in [-0.25, -0.2) is 19.5 Å². The number of benzene rings is 1. The molecule has 0 saturated carbocycles. The van der Waals surface area contributed by atoms with Gasteiger partial charge in [0.2, 0.25) is 5.82 Å². The number of aromatic nitrogens is 3. The van der Waals surface area contributed by atoms with Crippen molar-refractivity contribution in [3.05, 3.63) is 53.4 Å². The molecule has 3 rings (SSSR count). The van der Waals surface area contributed by atoms with Crippen LogP contribution in [0.15, 0.2) is 41.8 Å². The van der Waals surface area contributed by atoms with Crippen molar-refractivity contribution < 1.29 is 14.0 Å². The summed E-state index contributed by atoms with van der Waals surface area (Å²) < 4.78 is 14.6. The van der Waals surface area contributed by atoms with E-state index in [0.29, 0.717) is 18.1 Å².